The van der Waals surface area contributed by atoms with E-state index in [0.29, 0.717) is 18.0 Å². The van der Waals surface area contributed by atoms with Gasteiger partial charge in [0.25, 0.3) is 0 Å². The minimum absolute atomic E-state index is 0.371. The number of Topliss-reactive ketones (excluding diaryl/α,β-unsaturated/α-hetero) is 1. The van der Waals surface area contributed by atoms with Crippen molar-refractivity contribution in [3.8, 4) is 0 Å². The Morgan fingerprint density at radius 1 is 1.07 bits per heavy atom. The van der Waals surface area contributed by atoms with E-state index in [1.54, 1.807) is 0 Å². The molecule has 14 heavy (non-hydrogen) atoms. The first-order valence-corrected chi connectivity index (χ1v) is 6.21. The fourth-order valence-corrected chi connectivity index (χ4v) is 1.65. The highest BCUT2D eigenvalue weighted by atomic mass is 32.1. The molecule has 0 saturated carbocycles. The predicted octanol–water partition coefficient (Wildman–Crippen LogP) is 2.44. The maximum Gasteiger partial charge on any atom is 0.133 e. The lowest BCUT2D eigenvalue weighted by atomic mass is 10.1. The number of carbonyl (C=O) groups excluding carboxylic acids is 1. The molecular formula is C11H23NOS. The van der Waals surface area contributed by atoms with Crippen LogP contribution in [-0.2, 0) is 4.79 Å². The zero-order valence-electron chi connectivity index (χ0n) is 9.22. The van der Waals surface area contributed by atoms with Crippen LogP contribution in [0.4, 0.5) is 0 Å². The van der Waals surface area contributed by atoms with Crippen molar-refractivity contribution < 1.29 is 4.79 Å². The lowest BCUT2D eigenvalue weighted by Crippen LogP contribution is -2.06. The first-order valence-electron chi connectivity index (χ1n) is 5.58. The van der Waals surface area contributed by atoms with Crippen LogP contribution in [-0.4, -0.2) is 25.1 Å². The molecule has 0 bridgehead atoms. The summed E-state index contributed by atoms with van der Waals surface area (Å²) in [6.07, 6.45) is 7.45. The number of rotatable bonds is 10. The topological polar surface area (TPSA) is 29.1 Å². The van der Waals surface area contributed by atoms with Gasteiger partial charge in [0.05, 0.1) is 0 Å². The third-order valence-electron chi connectivity index (χ3n) is 2.27. The summed E-state index contributed by atoms with van der Waals surface area (Å²) in [5.74, 6) is 1.07. The third-order valence-corrected chi connectivity index (χ3v) is 2.50. The molecule has 0 aliphatic rings. The summed E-state index contributed by atoms with van der Waals surface area (Å²) in [5, 5.41) is 3.13. The zero-order chi connectivity index (χ0) is 10.6. The number of hydrogen-bond acceptors (Lipinski definition) is 3. The number of hydrogen-bond donors (Lipinski definition) is 2. The molecule has 2 nitrogen and oxygen atoms in total. The largest absolute Gasteiger partial charge is 0.320 e. The Kier molecular flexibility index (Phi) is 11.0. The van der Waals surface area contributed by atoms with Gasteiger partial charge < -0.3 is 5.32 Å². The molecule has 0 rings (SSSR count). The molecule has 0 heterocycles. The van der Waals surface area contributed by atoms with E-state index in [1.807, 2.05) is 7.05 Å². The highest BCUT2D eigenvalue weighted by molar-refractivity contribution is 7.80. The SMILES string of the molecule is CNCCCCCCCC(=O)CCS. The van der Waals surface area contributed by atoms with Crippen LogP contribution < -0.4 is 5.32 Å². The van der Waals surface area contributed by atoms with Crippen LogP contribution in [0, 0.1) is 0 Å². The second-order valence-electron chi connectivity index (χ2n) is 3.63. The number of carbonyl (C=O) groups is 1. The molecular weight excluding hydrogens is 194 g/mol. The second kappa shape index (κ2) is 11.1. The van der Waals surface area contributed by atoms with Crippen molar-refractivity contribution in [3.63, 3.8) is 0 Å². The summed E-state index contributed by atoms with van der Waals surface area (Å²) in [6, 6.07) is 0. The molecule has 0 aliphatic heterocycles. The van der Waals surface area contributed by atoms with Crippen LogP contribution in [0.1, 0.15) is 44.9 Å². The van der Waals surface area contributed by atoms with Crippen molar-refractivity contribution in [2.45, 2.75) is 44.9 Å². The van der Waals surface area contributed by atoms with Gasteiger partial charge in [-0.1, -0.05) is 19.3 Å². The van der Waals surface area contributed by atoms with Crippen LogP contribution in [0.3, 0.4) is 0 Å². The summed E-state index contributed by atoms with van der Waals surface area (Å²) in [4.78, 5) is 11.1. The Morgan fingerprint density at radius 3 is 2.36 bits per heavy atom. The van der Waals surface area contributed by atoms with E-state index in [9.17, 15) is 4.79 Å². The predicted molar refractivity (Wildman–Crippen MR) is 65.1 cm³/mol. The van der Waals surface area contributed by atoms with Gasteiger partial charge in [-0.15, -0.1) is 0 Å². The van der Waals surface area contributed by atoms with Gasteiger partial charge in [-0.25, -0.2) is 0 Å². The van der Waals surface area contributed by atoms with E-state index in [2.05, 4.69) is 17.9 Å². The highest BCUT2D eigenvalue weighted by Crippen LogP contribution is 2.06. The lowest BCUT2D eigenvalue weighted by Gasteiger charge is -2.01. The third kappa shape index (κ3) is 10.1. The van der Waals surface area contributed by atoms with E-state index < -0.39 is 0 Å². The van der Waals surface area contributed by atoms with Gasteiger partial charge in [0, 0.05) is 12.8 Å². The van der Waals surface area contributed by atoms with Gasteiger partial charge in [-0.05, 0) is 32.2 Å². The van der Waals surface area contributed by atoms with E-state index in [4.69, 9.17) is 0 Å². The average Bonchev–Trinajstić information content (AvgIpc) is 2.17. The monoisotopic (exact) mass is 217 g/mol. The Balaban J connectivity index is 3.01. The quantitative estimate of drug-likeness (QED) is 0.435. The maximum absolute atomic E-state index is 11.1. The molecule has 0 aromatic heterocycles. The van der Waals surface area contributed by atoms with Crippen LogP contribution in [0.2, 0.25) is 0 Å². The maximum atomic E-state index is 11.1. The van der Waals surface area contributed by atoms with Gasteiger partial charge >= 0.3 is 0 Å². The van der Waals surface area contributed by atoms with Gasteiger partial charge in [-0.2, -0.15) is 12.6 Å². The number of nitrogens with one attached hydrogen (secondary N) is 1. The Morgan fingerprint density at radius 2 is 1.71 bits per heavy atom. The van der Waals surface area contributed by atoms with Crippen molar-refractivity contribution in [1.29, 1.82) is 0 Å². The smallest absolute Gasteiger partial charge is 0.133 e. The molecule has 0 aromatic carbocycles. The molecule has 1 N–H and O–H groups in total. The molecule has 0 aliphatic carbocycles. The molecule has 84 valence electrons. The molecule has 0 aromatic rings. The van der Waals surface area contributed by atoms with Crippen LogP contribution in [0.5, 0.6) is 0 Å². The van der Waals surface area contributed by atoms with Gasteiger partial charge in [0.15, 0.2) is 0 Å². The minimum Gasteiger partial charge on any atom is -0.320 e. The molecule has 0 radical (unpaired) electrons. The summed E-state index contributed by atoms with van der Waals surface area (Å²) < 4.78 is 0. The average molecular weight is 217 g/mol. The van der Waals surface area contributed by atoms with E-state index >= 15 is 0 Å². The summed E-state index contributed by atoms with van der Waals surface area (Å²) in [6.45, 7) is 1.11. The van der Waals surface area contributed by atoms with Crippen LogP contribution >= 0.6 is 12.6 Å². The fourth-order valence-electron chi connectivity index (χ4n) is 1.40. The summed E-state index contributed by atoms with van der Waals surface area (Å²) in [7, 11) is 1.98. The van der Waals surface area contributed by atoms with E-state index in [0.717, 1.165) is 19.4 Å². The molecule has 0 fully saturated rings. The number of unbranched alkanes of at least 4 members (excludes halogenated alkanes) is 4. The number of thiol groups is 1. The van der Waals surface area contributed by atoms with Gasteiger partial charge in [-0.3, -0.25) is 4.79 Å². The lowest BCUT2D eigenvalue weighted by molar-refractivity contribution is -0.118. The Labute approximate surface area is 93.3 Å². The van der Waals surface area contributed by atoms with Crippen molar-refractivity contribution in [3.05, 3.63) is 0 Å². The van der Waals surface area contributed by atoms with Gasteiger partial charge in [0.2, 0.25) is 0 Å². The molecule has 0 amide bonds. The molecule has 0 unspecified atom stereocenters. The zero-order valence-corrected chi connectivity index (χ0v) is 10.1. The molecule has 0 atom stereocenters. The standard InChI is InChI=1S/C11H23NOS/c1-12-9-6-4-2-3-5-7-11(13)8-10-14/h12,14H,2-10H2,1H3. The second-order valence-corrected chi connectivity index (χ2v) is 4.08. The fraction of sp³-hybridized carbons (Fsp3) is 0.909. The van der Waals surface area contributed by atoms with Crippen molar-refractivity contribution in [2.75, 3.05) is 19.3 Å². The Hall–Kier alpha value is -0.0200. The van der Waals surface area contributed by atoms with Crippen molar-refractivity contribution >= 4 is 18.4 Å². The van der Waals surface area contributed by atoms with Crippen LogP contribution in [0.15, 0.2) is 0 Å². The molecule has 0 saturated heterocycles. The van der Waals surface area contributed by atoms with Crippen LogP contribution in [0.25, 0.3) is 0 Å². The normalized spacial score (nSPS) is 10.4. The van der Waals surface area contributed by atoms with Crippen molar-refractivity contribution in [1.82, 2.24) is 5.32 Å². The summed E-state index contributed by atoms with van der Waals surface area (Å²) in [5.41, 5.74) is 0. The van der Waals surface area contributed by atoms with E-state index in [-0.39, 0.29) is 0 Å². The van der Waals surface area contributed by atoms with E-state index in [1.165, 1.54) is 25.7 Å². The Bertz CT molecular complexity index is 139. The first-order chi connectivity index (χ1) is 6.81. The van der Waals surface area contributed by atoms with Crippen molar-refractivity contribution in [2.24, 2.45) is 0 Å². The summed E-state index contributed by atoms with van der Waals surface area (Å²) >= 11 is 4.03. The molecule has 0 spiro atoms. The molecule has 3 heteroatoms. The first kappa shape index (κ1) is 14.0. The number of ketones is 1. The minimum atomic E-state index is 0.371. The highest BCUT2D eigenvalue weighted by Gasteiger charge is 1.99. The van der Waals surface area contributed by atoms with Gasteiger partial charge in [0.1, 0.15) is 5.78 Å².